The number of aryl methyl sites for hydroxylation is 1. The van der Waals surface area contributed by atoms with E-state index in [1.165, 1.54) is 18.4 Å². The number of piperazine rings is 1. The van der Waals surface area contributed by atoms with Crippen molar-refractivity contribution in [3.63, 3.8) is 0 Å². The van der Waals surface area contributed by atoms with E-state index >= 15 is 0 Å². The largest absolute Gasteiger partial charge is 0.497 e. The lowest BCUT2D eigenvalue weighted by molar-refractivity contribution is -0.144. The van der Waals surface area contributed by atoms with Crippen LogP contribution in [0.15, 0.2) is 109 Å². The van der Waals surface area contributed by atoms with Gasteiger partial charge in [0.2, 0.25) is 11.8 Å². The van der Waals surface area contributed by atoms with Crippen LogP contribution < -0.4 is 14.4 Å². The standard InChI is InChI=1S/C42H49N3O4/c1-4-5-7-12-33-19-21-36(22-20-33)32-45(41(46)24-23-35-15-10-17-38(29-35)48-2)40(30-34-13-8-6-9-14-34)42(47)44-27-25-43(26-28-44)37-16-11-18-39(31-37)49-3/h6,8-11,13-24,29,31,40H,4-5,7,12,25-28,30,32H2,1-3H3/t40-/m0/s1. The van der Waals surface area contributed by atoms with E-state index in [1.54, 1.807) is 31.3 Å². The van der Waals surface area contributed by atoms with Crippen molar-refractivity contribution < 1.29 is 19.1 Å². The number of amides is 2. The van der Waals surface area contributed by atoms with E-state index in [4.69, 9.17) is 9.47 Å². The summed E-state index contributed by atoms with van der Waals surface area (Å²) in [6, 6.07) is 33.4. The molecule has 0 unspecified atom stereocenters. The van der Waals surface area contributed by atoms with Gasteiger partial charge in [0.1, 0.15) is 17.5 Å². The van der Waals surface area contributed by atoms with E-state index < -0.39 is 6.04 Å². The van der Waals surface area contributed by atoms with Crippen LogP contribution in [-0.2, 0) is 29.0 Å². The highest BCUT2D eigenvalue weighted by molar-refractivity contribution is 5.96. The highest BCUT2D eigenvalue weighted by Gasteiger charge is 2.34. The Kier molecular flexibility index (Phi) is 12.9. The van der Waals surface area contributed by atoms with Gasteiger partial charge in [-0.25, -0.2) is 0 Å². The van der Waals surface area contributed by atoms with Crippen molar-refractivity contribution in [3.05, 3.63) is 131 Å². The molecule has 4 aromatic rings. The van der Waals surface area contributed by atoms with Crippen LogP contribution >= 0.6 is 0 Å². The number of ether oxygens (including phenoxy) is 2. The van der Waals surface area contributed by atoms with E-state index in [0.29, 0.717) is 39.1 Å². The monoisotopic (exact) mass is 659 g/mol. The molecule has 0 aliphatic carbocycles. The molecule has 2 amide bonds. The van der Waals surface area contributed by atoms with Crippen LogP contribution in [0.5, 0.6) is 11.5 Å². The average molecular weight is 660 g/mol. The lowest BCUT2D eigenvalue weighted by Gasteiger charge is -2.40. The first kappa shape index (κ1) is 35.3. The third-order valence-electron chi connectivity index (χ3n) is 9.18. The summed E-state index contributed by atoms with van der Waals surface area (Å²) in [5.74, 6) is 1.28. The minimum Gasteiger partial charge on any atom is -0.497 e. The first-order valence-electron chi connectivity index (χ1n) is 17.4. The van der Waals surface area contributed by atoms with Crippen LogP contribution in [0.1, 0.15) is 48.4 Å². The summed E-state index contributed by atoms with van der Waals surface area (Å²) >= 11 is 0. The van der Waals surface area contributed by atoms with Crippen molar-refractivity contribution in [2.45, 2.75) is 51.6 Å². The number of hydrogen-bond acceptors (Lipinski definition) is 5. The quantitative estimate of drug-likeness (QED) is 0.0981. The predicted octanol–water partition coefficient (Wildman–Crippen LogP) is 7.44. The minimum atomic E-state index is -0.683. The number of carbonyl (C=O) groups is 2. The van der Waals surface area contributed by atoms with E-state index in [2.05, 4.69) is 42.2 Å². The highest BCUT2D eigenvalue weighted by atomic mass is 16.5. The smallest absolute Gasteiger partial charge is 0.247 e. The normalized spacial score (nSPS) is 13.7. The molecule has 256 valence electrons. The molecule has 4 aromatic carbocycles. The lowest BCUT2D eigenvalue weighted by Crippen LogP contribution is -2.56. The maximum Gasteiger partial charge on any atom is 0.247 e. The van der Waals surface area contributed by atoms with Gasteiger partial charge >= 0.3 is 0 Å². The lowest BCUT2D eigenvalue weighted by atomic mass is 10.0. The summed E-state index contributed by atoms with van der Waals surface area (Å²) < 4.78 is 10.8. The molecule has 49 heavy (non-hydrogen) atoms. The summed E-state index contributed by atoms with van der Waals surface area (Å²) in [4.78, 5) is 34.8. The zero-order chi connectivity index (χ0) is 34.4. The van der Waals surface area contributed by atoms with Crippen LogP contribution in [0, 0.1) is 0 Å². The molecule has 7 nitrogen and oxygen atoms in total. The fourth-order valence-electron chi connectivity index (χ4n) is 6.31. The zero-order valence-electron chi connectivity index (χ0n) is 29.1. The molecular weight excluding hydrogens is 610 g/mol. The van der Waals surface area contributed by atoms with Crippen molar-refractivity contribution >= 4 is 23.6 Å². The number of rotatable bonds is 15. The molecule has 1 aliphatic rings. The first-order chi connectivity index (χ1) is 24.0. The van der Waals surface area contributed by atoms with Gasteiger partial charge in [-0.15, -0.1) is 0 Å². The van der Waals surface area contributed by atoms with Crippen LogP contribution in [0.25, 0.3) is 6.08 Å². The van der Waals surface area contributed by atoms with Crippen molar-refractivity contribution in [2.24, 2.45) is 0 Å². The Morgan fingerprint density at radius 3 is 2.12 bits per heavy atom. The number of methoxy groups -OCH3 is 2. The van der Waals surface area contributed by atoms with E-state index in [9.17, 15) is 9.59 Å². The Labute approximate surface area is 291 Å². The highest BCUT2D eigenvalue weighted by Crippen LogP contribution is 2.24. The fraction of sp³-hybridized carbons (Fsp3) is 0.333. The molecule has 1 saturated heterocycles. The fourth-order valence-corrected chi connectivity index (χ4v) is 6.31. The molecule has 0 N–H and O–H groups in total. The van der Waals surface area contributed by atoms with Crippen LogP contribution in [0.2, 0.25) is 0 Å². The maximum absolute atomic E-state index is 14.6. The minimum absolute atomic E-state index is 0.0338. The van der Waals surface area contributed by atoms with Crippen molar-refractivity contribution in [1.82, 2.24) is 9.80 Å². The van der Waals surface area contributed by atoms with Gasteiger partial charge in [-0.1, -0.05) is 92.6 Å². The van der Waals surface area contributed by atoms with Gasteiger partial charge in [0.15, 0.2) is 0 Å². The van der Waals surface area contributed by atoms with Crippen molar-refractivity contribution in [1.29, 1.82) is 0 Å². The average Bonchev–Trinajstić information content (AvgIpc) is 3.16. The molecule has 1 atom stereocenters. The number of hydrogen-bond donors (Lipinski definition) is 0. The number of carbonyl (C=O) groups excluding carboxylic acids is 2. The summed E-state index contributed by atoms with van der Waals surface area (Å²) in [5.41, 5.74) is 5.22. The second-order valence-corrected chi connectivity index (χ2v) is 12.6. The SMILES string of the molecule is CCCCCc1ccc(CN(C(=O)C=Cc2cccc(OC)c2)[C@@H](Cc2ccccc2)C(=O)N2CCN(c3cccc(OC)c3)CC2)cc1. The number of anilines is 1. The molecule has 0 radical (unpaired) electrons. The topological polar surface area (TPSA) is 62.3 Å². The predicted molar refractivity (Wildman–Crippen MR) is 198 cm³/mol. The second kappa shape index (κ2) is 17.9. The van der Waals surface area contributed by atoms with E-state index in [-0.39, 0.29) is 11.8 Å². The molecule has 0 saturated carbocycles. The molecule has 7 heteroatoms. The zero-order valence-corrected chi connectivity index (χ0v) is 29.1. The van der Waals surface area contributed by atoms with Gasteiger partial charge in [-0.05, 0) is 65.4 Å². The molecule has 5 rings (SSSR count). The summed E-state index contributed by atoms with van der Waals surface area (Å²) in [7, 11) is 3.30. The Bertz CT molecular complexity index is 1660. The Balaban J connectivity index is 1.42. The number of nitrogens with zero attached hydrogens (tertiary/aromatic N) is 3. The summed E-state index contributed by atoms with van der Waals surface area (Å²) in [6.45, 7) is 5.06. The van der Waals surface area contributed by atoms with Gasteiger partial charge in [0, 0.05) is 57.0 Å². The molecule has 0 aromatic heterocycles. The molecule has 1 fully saturated rings. The van der Waals surface area contributed by atoms with E-state index in [1.807, 2.05) is 77.7 Å². The third kappa shape index (κ3) is 9.99. The summed E-state index contributed by atoms with van der Waals surface area (Å²) in [6.07, 6.45) is 8.40. The Morgan fingerprint density at radius 1 is 0.755 bits per heavy atom. The van der Waals surface area contributed by atoms with Crippen LogP contribution in [0.3, 0.4) is 0 Å². The first-order valence-corrected chi connectivity index (χ1v) is 17.4. The second-order valence-electron chi connectivity index (χ2n) is 12.6. The summed E-state index contributed by atoms with van der Waals surface area (Å²) in [5, 5.41) is 0. The molecule has 0 bridgehead atoms. The van der Waals surface area contributed by atoms with Gasteiger partial charge < -0.3 is 24.2 Å². The van der Waals surface area contributed by atoms with Crippen molar-refractivity contribution in [2.75, 3.05) is 45.3 Å². The van der Waals surface area contributed by atoms with Gasteiger partial charge in [-0.2, -0.15) is 0 Å². The third-order valence-corrected chi connectivity index (χ3v) is 9.18. The van der Waals surface area contributed by atoms with Gasteiger partial charge in [-0.3, -0.25) is 9.59 Å². The molecule has 1 heterocycles. The number of unbranched alkanes of at least 4 members (excludes halogenated alkanes) is 2. The van der Waals surface area contributed by atoms with Gasteiger partial charge in [0.05, 0.1) is 14.2 Å². The molecule has 0 spiro atoms. The molecule has 1 aliphatic heterocycles. The van der Waals surface area contributed by atoms with Crippen molar-refractivity contribution in [3.8, 4) is 11.5 Å². The Hall–Kier alpha value is -5.04. The van der Waals surface area contributed by atoms with E-state index in [0.717, 1.165) is 46.7 Å². The maximum atomic E-state index is 14.6. The van der Waals surface area contributed by atoms with Crippen LogP contribution in [0.4, 0.5) is 5.69 Å². The number of benzene rings is 4. The van der Waals surface area contributed by atoms with Crippen LogP contribution in [-0.4, -0.2) is 68.1 Å². The van der Waals surface area contributed by atoms with Gasteiger partial charge in [0.25, 0.3) is 0 Å². The molecular formula is C42H49N3O4. The Morgan fingerprint density at radius 2 is 1.43 bits per heavy atom.